The first-order chi connectivity index (χ1) is 10.9. The summed E-state index contributed by atoms with van der Waals surface area (Å²) in [5.74, 6) is 0.819. The number of pyridine rings is 1. The number of carbonyl (C=O) groups is 2. The number of piperidine rings is 1. The number of nitrogens with zero attached hydrogens (tertiary/aromatic N) is 2. The van der Waals surface area contributed by atoms with Crippen molar-refractivity contribution in [2.24, 2.45) is 17.6 Å². The van der Waals surface area contributed by atoms with Gasteiger partial charge in [0, 0.05) is 41.9 Å². The molecule has 2 atom stereocenters. The van der Waals surface area contributed by atoms with Gasteiger partial charge < -0.3 is 10.6 Å². The van der Waals surface area contributed by atoms with Gasteiger partial charge in [0.2, 0.25) is 18.3 Å². The molecule has 1 fully saturated rings. The molecule has 6 nitrogen and oxygen atoms in total. The highest BCUT2D eigenvalue weighted by Gasteiger charge is 2.28. The number of aromatic nitrogens is 1. The molecule has 0 bridgehead atoms. The zero-order chi connectivity index (χ0) is 17.0. The summed E-state index contributed by atoms with van der Waals surface area (Å²) in [7, 11) is 0. The van der Waals surface area contributed by atoms with E-state index in [1.165, 1.54) is 12.4 Å². The number of Topliss-reactive ketones (excluding diaryl/α,β-unsaturated/α-hetero) is 1. The molecular formula is C17H26N3O3+. The summed E-state index contributed by atoms with van der Waals surface area (Å²) in [6.07, 6.45) is 5.23. The lowest BCUT2D eigenvalue weighted by Crippen LogP contribution is -2.46. The SMILES string of the molecule is CC(CC(=O)c1cc[n+](O)cc1)C1CCN(C(=O)[C@H](C)N)CC1. The Morgan fingerprint density at radius 3 is 2.39 bits per heavy atom. The molecule has 6 heteroatoms. The molecule has 1 amide bonds. The summed E-state index contributed by atoms with van der Waals surface area (Å²) in [6, 6.07) is 2.80. The Morgan fingerprint density at radius 1 is 1.30 bits per heavy atom. The fourth-order valence-electron chi connectivity index (χ4n) is 3.16. The van der Waals surface area contributed by atoms with Crippen LogP contribution in [0.5, 0.6) is 0 Å². The largest absolute Gasteiger partial charge is 0.341 e. The Bertz CT molecular complexity index is 549. The molecule has 1 unspecified atom stereocenters. The summed E-state index contributed by atoms with van der Waals surface area (Å²) < 4.78 is 0.922. The molecule has 1 aromatic rings. The maximum absolute atomic E-state index is 12.3. The Labute approximate surface area is 136 Å². The Hall–Kier alpha value is -1.95. The highest BCUT2D eigenvalue weighted by molar-refractivity contribution is 5.95. The van der Waals surface area contributed by atoms with E-state index >= 15 is 0 Å². The van der Waals surface area contributed by atoms with E-state index < -0.39 is 6.04 Å². The van der Waals surface area contributed by atoms with E-state index in [4.69, 9.17) is 5.73 Å². The minimum absolute atomic E-state index is 0.00812. The predicted octanol–water partition coefficient (Wildman–Crippen LogP) is 1.01. The van der Waals surface area contributed by atoms with E-state index in [2.05, 4.69) is 6.92 Å². The number of nitrogens with two attached hydrogens (primary N) is 1. The lowest BCUT2D eigenvalue weighted by Gasteiger charge is -2.35. The van der Waals surface area contributed by atoms with Crippen LogP contribution in [-0.4, -0.2) is 40.9 Å². The van der Waals surface area contributed by atoms with Crippen LogP contribution >= 0.6 is 0 Å². The van der Waals surface area contributed by atoms with Crippen LogP contribution in [0.3, 0.4) is 0 Å². The number of hydrogen-bond acceptors (Lipinski definition) is 4. The molecule has 0 spiro atoms. The molecule has 1 aliphatic heterocycles. The van der Waals surface area contributed by atoms with Crippen molar-refractivity contribution in [1.82, 2.24) is 4.90 Å². The lowest BCUT2D eigenvalue weighted by molar-refractivity contribution is -0.904. The second-order valence-electron chi connectivity index (χ2n) is 6.52. The minimum Gasteiger partial charge on any atom is -0.341 e. The van der Waals surface area contributed by atoms with Crippen LogP contribution in [0.4, 0.5) is 0 Å². The fraction of sp³-hybridized carbons (Fsp3) is 0.588. The van der Waals surface area contributed by atoms with E-state index in [-0.39, 0.29) is 17.6 Å². The first-order valence-corrected chi connectivity index (χ1v) is 8.16. The quantitative estimate of drug-likeness (QED) is 0.481. The monoisotopic (exact) mass is 320 g/mol. The number of likely N-dealkylation sites (tertiary alicyclic amines) is 1. The van der Waals surface area contributed by atoms with Gasteiger partial charge in [0.15, 0.2) is 5.78 Å². The van der Waals surface area contributed by atoms with Crippen molar-refractivity contribution in [2.75, 3.05) is 13.1 Å². The molecule has 1 aromatic heterocycles. The van der Waals surface area contributed by atoms with Gasteiger partial charge in [0.1, 0.15) is 0 Å². The van der Waals surface area contributed by atoms with Crippen molar-refractivity contribution in [3.63, 3.8) is 0 Å². The molecule has 0 radical (unpaired) electrons. The number of hydrogen-bond donors (Lipinski definition) is 2. The molecule has 2 heterocycles. The Balaban J connectivity index is 1.85. The van der Waals surface area contributed by atoms with Gasteiger partial charge in [0.25, 0.3) is 0 Å². The minimum atomic E-state index is -0.446. The number of carbonyl (C=O) groups excluding carboxylic acids is 2. The van der Waals surface area contributed by atoms with Gasteiger partial charge in [0.05, 0.1) is 6.04 Å². The van der Waals surface area contributed by atoms with Crippen molar-refractivity contribution in [3.8, 4) is 0 Å². The predicted molar refractivity (Wildman–Crippen MR) is 84.9 cm³/mol. The van der Waals surface area contributed by atoms with E-state index in [9.17, 15) is 14.8 Å². The van der Waals surface area contributed by atoms with Crippen LogP contribution in [0.15, 0.2) is 24.5 Å². The van der Waals surface area contributed by atoms with Gasteiger partial charge in [-0.3, -0.25) is 14.8 Å². The summed E-state index contributed by atoms with van der Waals surface area (Å²) >= 11 is 0. The number of rotatable bonds is 5. The second kappa shape index (κ2) is 7.55. The topological polar surface area (TPSA) is 87.5 Å². The smallest absolute Gasteiger partial charge is 0.239 e. The van der Waals surface area contributed by atoms with Crippen LogP contribution in [0.25, 0.3) is 0 Å². The zero-order valence-electron chi connectivity index (χ0n) is 13.8. The molecule has 126 valence electrons. The molecule has 2 rings (SSSR count). The third-order valence-electron chi connectivity index (χ3n) is 4.69. The molecule has 23 heavy (non-hydrogen) atoms. The van der Waals surface area contributed by atoms with Gasteiger partial charge in [-0.25, -0.2) is 0 Å². The number of amides is 1. The molecular weight excluding hydrogens is 294 g/mol. The van der Waals surface area contributed by atoms with E-state index in [0.717, 1.165) is 30.7 Å². The average molecular weight is 320 g/mol. The first-order valence-electron chi connectivity index (χ1n) is 8.16. The van der Waals surface area contributed by atoms with Crippen LogP contribution in [-0.2, 0) is 4.79 Å². The number of ketones is 1. The summed E-state index contributed by atoms with van der Waals surface area (Å²) in [4.78, 5) is 26.0. The van der Waals surface area contributed by atoms with Crippen molar-refractivity contribution in [1.29, 1.82) is 0 Å². The second-order valence-corrected chi connectivity index (χ2v) is 6.52. The van der Waals surface area contributed by atoms with Crippen molar-refractivity contribution < 1.29 is 19.5 Å². The molecule has 1 aliphatic rings. The summed E-state index contributed by atoms with van der Waals surface area (Å²) in [5.41, 5.74) is 6.26. The zero-order valence-corrected chi connectivity index (χ0v) is 13.8. The maximum atomic E-state index is 12.3. The van der Waals surface area contributed by atoms with Gasteiger partial charge in [-0.05, 0) is 31.6 Å². The molecule has 0 saturated carbocycles. The average Bonchev–Trinajstić information content (AvgIpc) is 2.54. The van der Waals surface area contributed by atoms with Crippen molar-refractivity contribution in [3.05, 3.63) is 30.1 Å². The van der Waals surface area contributed by atoms with Crippen molar-refractivity contribution >= 4 is 11.7 Å². The van der Waals surface area contributed by atoms with Gasteiger partial charge in [-0.1, -0.05) is 6.92 Å². The normalized spacial score (nSPS) is 18.5. The Morgan fingerprint density at radius 2 is 1.87 bits per heavy atom. The third-order valence-corrected chi connectivity index (χ3v) is 4.69. The van der Waals surface area contributed by atoms with Crippen LogP contribution < -0.4 is 10.5 Å². The molecule has 0 aromatic carbocycles. The molecule has 1 saturated heterocycles. The van der Waals surface area contributed by atoms with Gasteiger partial charge in [-0.2, -0.15) is 0 Å². The highest BCUT2D eigenvalue weighted by Crippen LogP contribution is 2.28. The van der Waals surface area contributed by atoms with E-state index in [1.807, 2.05) is 4.90 Å². The van der Waals surface area contributed by atoms with Crippen LogP contribution in [0.1, 0.15) is 43.5 Å². The Kier molecular flexibility index (Phi) is 5.71. The van der Waals surface area contributed by atoms with Crippen molar-refractivity contribution in [2.45, 2.75) is 39.2 Å². The summed E-state index contributed by atoms with van der Waals surface area (Å²) in [5, 5.41) is 9.20. The fourth-order valence-corrected chi connectivity index (χ4v) is 3.16. The molecule has 0 aliphatic carbocycles. The van der Waals surface area contributed by atoms with Gasteiger partial charge >= 0.3 is 0 Å². The first kappa shape index (κ1) is 17.4. The lowest BCUT2D eigenvalue weighted by atomic mass is 9.82. The van der Waals surface area contributed by atoms with Gasteiger partial charge in [-0.15, -0.1) is 0 Å². The van der Waals surface area contributed by atoms with Crippen LogP contribution in [0.2, 0.25) is 0 Å². The van der Waals surface area contributed by atoms with E-state index in [1.54, 1.807) is 19.1 Å². The van der Waals surface area contributed by atoms with Crippen LogP contribution in [0, 0.1) is 11.8 Å². The standard InChI is InChI=1S/C17H26N3O3/c1-12(11-16(21)15-5-9-20(23)10-6-15)14-3-7-19(8-4-14)17(22)13(2)18/h5-6,9-10,12-14,23H,3-4,7-8,11,18H2,1-2H3/q+1/t12?,13-/m0/s1. The summed E-state index contributed by atoms with van der Waals surface area (Å²) in [6.45, 7) is 5.26. The molecule has 3 N–H and O–H groups in total. The maximum Gasteiger partial charge on any atom is 0.239 e. The highest BCUT2D eigenvalue weighted by atomic mass is 16.5. The third kappa shape index (κ3) is 4.51. The van der Waals surface area contributed by atoms with E-state index in [0.29, 0.717) is 17.9 Å².